The van der Waals surface area contributed by atoms with Gasteiger partial charge in [-0.1, -0.05) is 43.7 Å². The molecule has 0 spiro atoms. The van der Waals surface area contributed by atoms with Crippen LogP contribution < -0.4 is 14.8 Å². The fraction of sp³-hybridized carbons (Fsp3) is 0.364. The van der Waals surface area contributed by atoms with Crippen LogP contribution in [0.25, 0.3) is 0 Å². The fourth-order valence-corrected chi connectivity index (χ4v) is 2.69. The molecule has 2 rings (SSSR count). The van der Waals surface area contributed by atoms with Gasteiger partial charge in [-0.2, -0.15) is 0 Å². The molecule has 150 valence electrons. The normalized spacial score (nSPS) is 11.4. The Morgan fingerprint density at radius 1 is 1.07 bits per heavy atom. The van der Waals surface area contributed by atoms with Crippen LogP contribution in [0.4, 0.5) is 0 Å². The van der Waals surface area contributed by atoms with Crippen LogP contribution in [0.2, 0.25) is 0 Å². The Balaban J connectivity index is 1.92. The molecule has 1 amide bonds. The second kappa shape index (κ2) is 11.0. The summed E-state index contributed by atoms with van der Waals surface area (Å²) in [6.07, 6.45) is 1.85. The number of nitrogens with one attached hydrogen (secondary N) is 1. The topological polar surface area (TPSA) is 73.9 Å². The molecule has 0 saturated heterocycles. The van der Waals surface area contributed by atoms with Gasteiger partial charge in [0.2, 0.25) is 0 Å². The van der Waals surface area contributed by atoms with Crippen LogP contribution in [0.15, 0.2) is 48.5 Å². The summed E-state index contributed by atoms with van der Waals surface area (Å²) in [5.74, 6) is 0.0377. The lowest BCUT2D eigenvalue weighted by Gasteiger charge is -2.14. The number of carbonyl (C=O) groups excluding carboxylic acids is 2. The molecule has 0 heterocycles. The first-order valence-electron chi connectivity index (χ1n) is 9.34. The van der Waals surface area contributed by atoms with E-state index < -0.39 is 5.97 Å². The van der Waals surface area contributed by atoms with Crippen molar-refractivity contribution < 1.29 is 23.8 Å². The van der Waals surface area contributed by atoms with Gasteiger partial charge in [0.1, 0.15) is 6.61 Å². The molecule has 0 aliphatic carbocycles. The minimum Gasteiger partial charge on any atom is -0.493 e. The van der Waals surface area contributed by atoms with Crippen LogP contribution in [0.3, 0.4) is 0 Å². The van der Waals surface area contributed by atoms with Crippen molar-refractivity contribution in [3.63, 3.8) is 0 Å². The van der Waals surface area contributed by atoms with Crippen LogP contribution in [0.1, 0.15) is 42.6 Å². The summed E-state index contributed by atoms with van der Waals surface area (Å²) >= 11 is 0. The van der Waals surface area contributed by atoms with E-state index in [-0.39, 0.29) is 18.6 Å². The SMILES string of the molecule is CCC[C@@H](C)NC(=O)COC(=O)c1ccc(OCc2ccccc2)c(OC)c1. The number of benzene rings is 2. The number of rotatable bonds is 10. The highest BCUT2D eigenvalue weighted by Crippen LogP contribution is 2.29. The summed E-state index contributed by atoms with van der Waals surface area (Å²) in [6, 6.07) is 14.6. The van der Waals surface area contributed by atoms with Crippen molar-refractivity contribution in [2.24, 2.45) is 0 Å². The summed E-state index contributed by atoms with van der Waals surface area (Å²) < 4.78 is 16.2. The predicted octanol–water partition coefficient (Wildman–Crippen LogP) is 3.74. The van der Waals surface area contributed by atoms with E-state index in [1.165, 1.54) is 7.11 Å². The highest BCUT2D eigenvalue weighted by Gasteiger charge is 2.15. The lowest BCUT2D eigenvalue weighted by Crippen LogP contribution is -2.35. The molecule has 2 aromatic rings. The van der Waals surface area contributed by atoms with Crippen LogP contribution >= 0.6 is 0 Å². The lowest BCUT2D eigenvalue weighted by atomic mass is 10.2. The van der Waals surface area contributed by atoms with E-state index in [9.17, 15) is 9.59 Å². The summed E-state index contributed by atoms with van der Waals surface area (Å²) in [6.45, 7) is 4.03. The third-order valence-corrected chi connectivity index (χ3v) is 4.10. The monoisotopic (exact) mass is 385 g/mol. The van der Waals surface area contributed by atoms with Gasteiger partial charge in [-0.05, 0) is 37.1 Å². The maximum absolute atomic E-state index is 12.2. The average Bonchev–Trinajstić information content (AvgIpc) is 2.71. The smallest absolute Gasteiger partial charge is 0.338 e. The predicted molar refractivity (Wildman–Crippen MR) is 107 cm³/mol. The first kappa shape index (κ1) is 21.3. The van der Waals surface area contributed by atoms with Crippen LogP contribution in [-0.2, 0) is 16.1 Å². The third kappa shape index (κ3) is 6.61. The van der Waals surface area contributed by atoms with Crippen molar-refractivity contribution in [1.29, 1.82) is 0 Å². The Kier molecular flexibility index (Phi) is 8.34. The van der Waals surface area contributed by atoms with Gasteiger partial charge in [-0.3, -0.25) is 4.79 Å². The summed E-state index contributed by atoms with van der Waals surface area (Å²) in [7, 11) is 1.50. The molecule has 6 heteroatoms. The van der Waals surface area contributed by atoms with Gasteiger partial charge in [0.15, 0.2) is 18.1 Å². The Morgan fingerprint density at radius 3 is 2.50 bits per heavy atom. The van der Waals surface area contributed by atoms with Crippen molar-refractivity contribution in [2.75, 3.05) is 13.7 Å². The molecule has 0 saturated carbocycles. The number of esters is 1. The van der Waals surface area contributed by atoms with Gasteiger partial charge in [-0.25, -0.2) is 4.79 Å². The van der Waals surface area contributed by atoms with Crippen LogP contribution in [0.5, 0.6) is 11.5 Å². The van der Waals surface area contributed by atoms with Gasteiger partial charge < -0.3 is 19.5 Å². The maximum Gasteiger partial charge on any atom is 0.338 e. The minimum absolute atomic E-state index is 0.0531. The van der Waals surface area contributed by atoms with E-state index in [1.54, 1.807) is 18.2 Å². The van der Waals surface area contributed by atoms with Crippen molar-refractivity contribution in [1.82, 2.24) is 5.32 Å². The van der Waals surface area contributed by atoms with Crippen molar-refractivity contribution >= 4 is 11.9 Å². The highest BCUT2D eigenvalue weighted by molar-refractivity contribution is 5.92. The Morgan fingerprint density at radius 2 is 1.82 bits per heavy atom. The molecular weight excluding hydrogens is 358 g/mol. The van der Waals surface area contributed by atoms with Crippen molar-refractivity contribution in [3.8, 4) is 11.5 Å². The lowest BCUT2D eigenvalue weighted by molar-refractivity contribution is -0.124. The number of methoxy groups -OCH3 is 1. The molecule has 28 heavy (non-hydrogen) atoms. The van der Waals surface area contributed by atoms with Gasteiger partial charge >= 0.3 is 5.97 Å². The number of hydrogen-bond acceptors (Lipinski definition) is 5. The number of hydrogen-bond donors (Lipinski definition) is 1. The molecule has 0 bridgehead atoms. The first-order chi connectivity index (χ1) is 13.5. The molecule has 0 unspecified atom stereocenters. The molecule has 2 aromatic carbocycles. The molecule has 0 aliphatic heterocycles. The second-order valence-electron chi connectivity index (χ2n) is 6.47. The Labute approximate surface area is 165 Å². The molecule has 0 aliphatic rings. The average molecular weight is 385 g/mol. The third-order valence-electron chi connectivity index (χ3n) is 4.10. The Hall–Kier alpha value is -3.02. The number of carbonyl (C=O) groups is 2. The second-order valence-corrected chi connectivity index (χ2v) is 6.47. The van der Waals surface area contributed by atoms with E-state index in [0.717, 1.165) is 18.4 Å². The van der Waals surface area contributed by atoms with Crippen molar-refractivity contribution in [2.45, 2.75) is 39.3 Å². The fourth-order valence-electron chi connectivity index (χ4n) is 2.69. The largest absolute Gasteiger partial charge is 0.493 e. The van der Waals surface area contributed by atoms with Crippen LogP contribution in [-0.4, -0.2) is 31.6 Å². The van der Waals surface area contributed by atoms with Gasteiger partial charge in [0, 0.05) is 6.04 Å². The quantitative estimate of drug-likeness (QED) is 0.631. The van der Waals surface area contributed by atoms with Gasteiger partial charge in [0.25, 0.3) is 5.91 Å². The zero-order valence-corrected chi connectivity index (χ0v) is 16.6. The molecule has 0 aromatic heterocycles. The number of ether oxygens (including phenoxy) is 3. The van der Waals surface area contributed by atoms with E-state index >= 15 is 0 Å². The van der Waals surface area contributed by atoms with Gasteiger partial charge in [-0.15, -0.1) is 0 Å². The van der Waals surface area contributed by atoms with Gasteiger partial charge in [0.05, 0.1) is 12.7 Å². The Bertz CT molecular complexity index is 776. The molecular formula is C22H27NO5. The van der Waals surface area contributed by atoms with E-state index in [4.69, 9.17) is 14.2 Å². The summed E-state index contributed by atoms with van der Waals surface area (Å²) in [5.41, 5.74) is 1.31. The molecule has 0 fully saturated rings. The van der Waals surface area contributed by atoms with Crippen molar-refractivity contribution in [3.05, 3.63) is 59.7 Å². The molecule has 6 nitrogen and oxygen atoms in total. The summed E-state index contributed by atoms with van der Waals surface area (Å²) in [5, 5.41) is 2.79. The van der Waals surface area contributed by atoms with E-state index in [2.05, 4.69) is 5.32 Å². The van der Waals surface area contributed by atoms with E-state index in [0.29, 0.717) is 23.7 Å². The molecule has 1 N–H and O–H groups in total. The first-order valence-corrected chi connectivity index (χ1v) is 9.34. The zero-order valence-electron chi connectivity index (χ0n) is 16.6. The molecule has 1 atom stereocenters. The minimum atomic E-state index is -0.591. The summed E-state index contributed by atoms with van der Waals surface area (Å²) in [4.78, 5) is 24.0. The molecule has 0 radical (unpaired) electrons. The zero-order chi connectivity index (χ0) is 20.4. The number of amides is 1. The van der Waals surface area contributed by atoms with E-state index in [1.807, 2.05) is 44.2 Å². The highest BCUT2D eigenvalue weighted by atomic mass is 16.5. The standard InChI is InChI=1S/C22H27NO5/c1-4-8-16(2)23-21(24)15-28-22(25)18-11-12-19(20(13-18)26-3)27-14-17-9-6-5-7-10-17/h5-7,9-13,16H,4,8,14-15H2,1-3H3,(H,23,24)/t16-/m1/s1. The maximum atomic E-state index is 12.2. The van der Waals surface area contributed by atoms with Crippen LogP contribution in [0, 0.1) is 0 Å².